The average molecular weight is 226 g/mol. The van der Waals surface area contributed by atoms with Crippen LogP contribution in [0.15, 0.2) is 0 Å². The predicted molar refractivity (Wildman–Crippen MR) is 67.3 cm³/mol. The van der Waals surface area contributed by atoms with E-state index in [4.69, 9.17) is 0 Å². The lowest BCUT2D eigenvalue weighted by Gasteiger charge is -2.36. The fraction of sp³-hybridized carbons (Fsp3) is 0.923. The zero-order chi connectivity index (χ0) is 12.3. The van der Waals surface area contributed by atoms with E-state index in [0.29, 0.717) is 12.5 Å². The summed E-state index contributed by atoms with van der Waals surface area (Å²) in [6, 6.07) is 0. The Bertz CT molecular complexity index is 245. The van der Waals surface area contributed by atoms with Crippen LogP contribution in [0.4, 0.5) is 0 Å². The molecule has 0 aromatic heterocycles. The lowest BCUT2D eigenvalue weighted by atomic mass is 9.88. The van der Waals surface area contributed by atoms with Gasteiger partial charge in [-0.3, -0.25) is 4.79 Å². The number of carbonyl (C=O) groups excluding carboxylic acids is 1. The van der Waals surface area contributed by atoms with Crippen LogP contribution >= 0.6 is 0 Å². The number of nitrogens with one attached hydrogen (secondary N) is 1. The molecule has 0 aliphatic carbocycles. The highest BCUT2D eigenvalue weighted by Crippen LogP contribution is 2.22. The lowest BCUT2D eigenvalue weighted by molar-refractivity contribution is -0.132. The second-order valence-electron chi connectivity index (χ2n) is 6.19. The van der Waals surface area contributed by atoms with Crippen LogP contribution in [-0.4, -0.2) is 36.0 Å². The molecule has 0 bridgehead atoms. The molecule has 1 heterocycles. The highest BCUT2D eigenvalue weighted by atomic mass is 16.2. The van der Waals surface area contributed by atoms with E-state index in [1.54, 1.807) is 0 Å². The molecule has 1 rings (SSSR count). The summed E-state index contributed by atoms with van der Waals surface area (Å²) in [4.78, 5) is 14.0. The first-order valence-corrected chi connectivity index (χ1v) is 6.32. The van der Waals surface area contributed by atoms with Crippen LogP contribution in [-0.2, 0) is 4.79 Å². The van der Waals surface area contributed by atoms with Crippen molar-refractivity contribution in [2.45, 2.75) is 46.6 Å². The minimum Gasteiger partial charge on any atom is -0.341 e. The van der Waals surface area contributed by atoms with Crippen molar-refractivity contribution in [3.63, 3.8) is 0 Å². The monoisotopic (exact) mass is 226 g/mol. The summed E-state index contributed by atoms with van der Waals surface area (Å²) in [6.07, 6.45) is 1.14. The van der Waals surface area contributed by atoms with E-state index in [1.807, 2.05) is 4.90 Å². The molecule has 1 saturated heterocycles. The first-order chi connectivity index (χ1) is 7.29. The number of nitrogens with zero attached hydrogens (tertiary/aromatic N) is 1. The van der Waals surface area contributed by atoms with Gasteiger partial charge < -0.3 is 10.2 Å². The minimum atomic E-state index is 0.0182. The third-order valence-electron chi connectivity index (χ3n) is 3.46. The van der Waals surface area contributed by atoms with Crippen LogP contribution in [0.2, 0.25) is 0 Å². The maximum atomic E-state index is 12.0. The molecule has 94 valence electrons. The summed E-state index contributed by atoms with van der Waals surface area (Å²) in [5.74, 6) is 1.63. The Labute approximate surface area is 99.6 Å². The van der Waals surface area contributed by atoms with E-state index in [1.165, 1.54) is 0 Å². The molecule has 1 aliphatic heterocycles. The molecule has 1 aliphatic rings. The van der Waals surface area contributed by atoms with Crippen molar-refractivity contribution in [1.29, 1.82) is 0 Å². The molecule has 2 unspecified atom stereocenters. The molecular weight excluding hydrogens is 200 g/mol. The maximum absolute atomic E-state index is 12.0. The summed E-state index contributed by atoms with van der Waals surface area (Å²) in [5.41, 5.74) is 0.0182. The SMILES string of the molecule is CC1CCN(C(=O)CNC(C)(C)C)CC1C. The third-order valence-corrected chi connectivity index (χ3v) is 3.46. The molecule has 2 atom stereocenters. The zero-order valence-electron chi connectivity index (χ0n) is 11.3. The second kappa shape index (κ2) is 5.17. The van der Waals surface area contributed by atoms with Crippen LogP contribution in [0.5, 0.6) is 0 Å². The molecule has 0 aromatic rings. The lowest BCUT2D eigenvalue weighted by Crippen LogP contribution is -2.48. The van der Waals surface area contributed by atoms with Crippen molar-refractivity contribution in [3.8, 4) is 0 Å². The van der Waals surface area contributed by atoms with Gasteiger partial charge in [-0.2, -0.15) is 0 Å². The van der Waals surface area contributed by atoms with Crippen molar-refractivity contribution >= 4 is 5.91 Å². The zero-order valence-corrected chi connectivity index (χ0v) is 11.3. The third kappa shape index (κ3) is 4.12. The van der Waals surface area contributed by atoms with Gasteiger partial charge >= 0.3 is 0 Å². The van der Waals surface area contributed by atoms with Crippen molar-refractivity contribution in [2.75, 3.05) is 19.6 Å². The molecule has 1 amide bonds. The number of piperidine rings is 1. The first-order valence-electron chi connectivity index (χ1n) is 6.32. The summed E-state index contributed by atoms with van der Waals surface area (Å²) in [6.45, 7) is 13.1. The summed E-state index contributed by atoms with van der Waals surface area (Å²) >= 11 is 0. The fourth-order valence-electron chi connectivity index (χ4n) is 1.94. The van der Waals surface area contributed by atoms with E-state index in [0.717, 1.165) is 25.4 Å². The molecule has 3 heteroatoms. The Hall–Kier alpha value is -0.570. The number of likely N-dealkylation sites (tertiary alicyclic amines) is 1. The largest absolute Gasteiger partial charge is 0.341 e. The van der Waals surface area contributed by atoms with Gasteiger partial charge in [-0.25, -0.2) is 0 Å². The van der Waals surface area contributed by atoms with E-state index in [9.17, 15) is 4.79 Å². The summed E-state index contributed by atoms with van der Waals surface area (Å²) < 4.78 is 0. The molecule has 3 nitrogen and oxygen atoms in total. The summed E-state index contributed by atoms with van der Waals surface area (Å²) in [5, 5.41) is 3.25. The van der Waals surface area contributed by atoms with Crippen LogP contribution < -0.4 is 5.32 Å². The van der Waals surface area contributed by atoms with Gasteiger partial charge in [0.05, 0.1) is 6.54 Å². The number of carbonyl (C=O) groups is 1. The Morgan fingerprint density at radius 3 is 2.44 bits per heavy atom. The van der Waals surface area contributed by atoms with Gasteiger partial charge in [0, 0.05) is 18.6 Å². The van der Waals surface area contributed by atoms with Gasteiger partial charge in [-0.05, 0) is 39.0 Å². The Kier molecular flexibility index (Phi) is 4.36. The van der Waals surface area contributed by atoms with E-state index >= 15 is 0 Å². The quantitative estimate of drug-likeness (QED) is 0.779. The van der Waals surface area contributed by atoms with Crippen LogP contribution in [0.3, 0.4) is 0 Å². The smallest absolute Gasteiger partial charge is 0.236 e. The van der Waals surface area contributed by atoms with Gasteiger partial charge in [0.25, 0.3) is 0 Å². The topological polar surface area (TPSA) is 32.3 Å². The Morgan fingerprint density at radius 2 is 1.94 bits per heavy atom. The number of amides is 1. The van der Waals surface area contributed by atoms with Gasteiger partial charge in [0.2, 0.25) is 5.91 Å². The van der Waals surface area contributed by atoms with E-state index in [-0.39, 0.29) is 11.4 Å². The van der Waals surface area contributed by atoms with Gasteiger partial charge in [0.1, 0.15) is 0 Å². The van der Waals surface area contributed by atoms with Crippen molar-refractivity contribution in [2.24, 2.45) is 11.8 Å². The minimum absolute atomic E-state index is 0.0182. The Morgan fingerprint density at radius 1 is 1.31 bits per heavy atom. The highest BCUT2D eigenvalue weighted by molar-refractivity contribution is 5.78. The number of hydrogen-bond donors (Lipinski definition) is 1. The van der Waals surface area contributed by atoms with Crippen LogP contribution in [0.25, 0.3) is 0 Å². The van der Waals surface area contributed by atoms with Crippen molar-refractivity contribution in [3.05, 3.63) is 0 Å². The first kappa shape index (κ1) is 13.5. The molecule has 0 aromatic carbocycles. The normalized spacial score (nSPS) is 26.9. The average Bonchev–Trinajstić information content (AvgIpc) is 2.17. The Balaban J connectivity index is 2.38. The van der Waals surface area contributed by atoms with Gasteiger partial charge in [0.15, 0.2) is 0 Å². The maximum Gasteiger partial charge on any atom is 0.236 e. The molecule has 1 N–H and O–H groups in total. The number of hydrogen-bond acceptors (Lipinski definition) is 2. The molecule has 0 spiro atoms. The van der Waals surface area contributed by atoms with Crippen molar-refractivity contribution in [1.82, 2.24) is 10.2 Å². The van der Waals surface area contributed by atoms with Gasteiger partial charge in [-0.1, -0.05) is 13.8 Å². The highest BCUT2D eigenvalue weighted by Gasteiger charge is 2.26. The summed E-state index contributed by atoms with van der Waals surface area (Å²) in [7, 11) is 0. The fourth-order valence-corrected chi connectivity index (χ4v) is 1.94. The molecule has 0 radical (unpaired) electrons. The molecular formula is C13H26N2O. The number of rotatable bonds is 2. The standard InChI is InChI=1S/C13H26N2O/c1-10-6-7-15(9-11(10)2)12(16)8-14-13(3,4)5/h10-11,14H,6-9H2,1-5H3. The molecule has 1 fully saturated rings. The second-order valence-corrected chi connectivity index (χ2v) is 6.19. The van der Waals surface area contributed by atoms with Crippen LogP contribution in [0.1, 0.15) is 41.0 Å². The van der Waals surface area contributed by atoms with Gasteiger partial charge in [-0.15, -0.1) is 0 Å². The van der Waals surface area contributed by atoms with Crippen molar-refractivity contribution < 1.29 is 4.79 Å². The predicted octanol–water partition coefficient (Wildman–Crippen LogP) is 1.88. The van der Waals surface area contributed by atoms with E-state index in [2.05, 4.69) is 39.9 Å². The van der Waals surface area contributed by atoms with Crippen LogP contribution in [0, 0.1) is 11.8 Å². The van der Waals surface area contributed by atoms with E-state index < -0.39 is 0 Å². The molecule has 16 heavy (non-hydrogen) atoms. The molecule has 0 saturated carbocycles.